The maximum Gasteiger partial charge on any atom is 0.150 e. The molecule has 0 saturated carbocycles. The van der Waals surface area contributed by atoms with Gasteiger partial charge in [0.15, 0.2) is 0 Å². The number of aryl methyl sites for hydroxylation is 2. The number of benzene rings is 1. The second kappa shape index (κ2) is 25.9. The molecule has 1 aromatic carbocycles. The van der Waals surface area contributed by atoms with E-state index in [4.69, 9.17) is 0 Å². The van der Waals surface area contributed by atoms with Gasteiger partial charge in [-0.1, -0.05) is 191 Å². The molecule has 6 rings (SSSR count). The summed E-state index contributed by atoms with van der Waals surface area (Å²) in [4.78, 5) is 9.10. The molecule has 0 aliphatic carbocycles. The molecule has 0 spiro atoms. The monoisotopic (exact) mass is 1030 g/mol. The van der Waals surface area contributed by atoms with E-state index in [0.29, 0.717) is 21.3 Å². The molecule has 7 heteroatoms. The Bertz CT molecular complexity index is 2400. The molecule has 5 heterocycles. The number of fused-ring (bicyclic) bond motifs is 2. The summed E-state index contributed by atoms with van der Waals surface area (Å²) in [6.45, 7) is 34.6. The van der Waals surface area contributed by atoms with Crippen LogP contribution in [0.25, 0.3) is 48.0 Å². The highest BCUT2D eigenvalue weighted by Crippen LogP contribution is 2.59. The third-order valence-corrected chi connectivity index (χ3v) is 22.1. The summed E-state index contributed by atoms with van der Waals surface area (Å²) in [7, 11) is 0. The number of rotatable bonds is 27. The van der Waals surface area contributed by atoms with Gasteiger partial charge in [0.2, 0.25) is 0 Å². The second-order valence-corrected chi connectivity index (χ2v) is 29.8. The van der Waals surface area contributed by atoms with Gasteiger partial charge in [0.1, 0.15) is 5.82 Å². The Morgan fingerprint density at radius 1 is 0.721 bits per heavy atom. The minimum absolute atomic E-state index is 0.119. The van der Waals surface area contributed by atoms with Gasteiger partial charge in [0, 0.05) is 65.5 Å². The lowest BCUT2D eigenvalue weighted by Gasteiger charge is -2.25. The molecule has 0 saturated heterocycles. The lowest BCUT2D eigenvalue weighted by atomic mass is 9.86. The van der Waals surface area contributed by atoms with Gasteiger partial charge in [0.25, 0.3) is 0 Å². The highest BCUT2D eigenvalue weighted by atomic mass is 32.2. The van der Waals surface area contributed by atoms with Crippen molar-refractivity contribution in [2.45, 2.75) is 225 Å². The van der Waals surface area contributed by atoms with Crippen molar-refractivity contribution < 1.29 is 4.39 Å². The van der Waals surface area contributed by atoms with Crippen molar-refractivity contribution in [3.05, 3.63) is 72.7 Å². The maximum atomic E-state index is 17.1. The van der Waals surface area contributed by atoms with Gasteiger partial charge >= 0.3 is 0 Å². The first kappa shape index (κ1) is 55.7. The Hall–Kier alpha value is -1.61. The largest absolute Gasteiger partial charge is 0.205 e. The average Bonchev–Trinajstić information content (AvgIpc) is 4.13. The molecular weight excluding hydrogens is 944 g/mol. The first-order valence-electron chi connectivity index (χ1n) is 26.8. The highest BCUT2D eigenvalue weighted by Gasteiger charge is 2.38. The first-order chi connectivity index (χ1) is 32.4. The average molecular weight is 1030 g/mol. The molecule has 2 atom stereocenters. The van der Waals surface area contributed by atoms with Gasteiger partial charge in [-0.2, -0.15) is 0 Å². The van der Waals surface area contributed by atoms with E-state index in [0.717, 1.165) is 59.5 Å². The number of thioether (sulfide) groups is 2. The Balaban J connectivity index is 1.42. The van der Waals surface area contributed by atoms with Crippen molar-refractivity contribution in [3.63, 3.8) is 0 Å². The Morgan fingerprint density at radius 2 is 1.29 bits per heavy atom. The van der Waals surface area contributed by atoms with Crippen LogP contribution in [0.4, 0.5) is 4.39 Å². The van der Waals surface area contributed by atoms with E-state index in [-0.39, 0.29) is 16.6 Å². The molecule has 0 radical (unpaired) electrons. The number of hydrogen-bond donors (Lipinski definition) is 0. The standard InChI is InChI=1S/C61H87FS6/c1-14-16-18-20-22-24-32-44-34-36-48(64-44)53-46-38-50(60(8,9)10)66-57(46)54(49-37-35-45(65-49)33-25-23-21-19-17-15-2)47-39-51(67-58(47)53)68-59(61(11,12)13)52-43(7)63-56(55(52)62)42(6)31-27-30-41(5)29-26-28-40(3)4/h34-37,39-41,50H,6-7,14-33,38H2,1-5,8-13H3/b59-52+. The molecule has 0 N–H and O–H groups in total. The van der Waals surface area contributed by atoms with Gasteiger partial charge in [-0.25, -0.2) is 4.39 Å². The second-order valence-electron chi connectivity index (χ2n) is 22.8. The molecule has 1 aliphatic heterocycles. The molecule has 0 nitrogen and oxygen atoms in total. The zero-order valence-electron chi connectivity index (χ0n) is 44.2. The lowest BCUT2D eigenvalue weighted by Crippen LogP contribution is -2.27. The molecular formula is C61H87FS6. The normalized spacial score (nSPS) is 15.3. The van der Waals surface area contributed by atoms with Gasteiger partial charge < -0.3 is 0 Å². The summed E-state index contributed by atoms with van der Waals surface area (Å²) in [6, 6.07) is 12.2. The van der Waals surface area contributed by atoms with Crippen molar-refractivity contribution in [1.29, 1.82) is 0 Å². The zero-order chi connectivity index (χ0) is 49.2. The van der Waals surface area contributed by atoms with E-state index >= 15 is 4.39 Å². The predicted molar refractivity (Wildman–Crippen MR) is 314 cm³/mol. The van der Waals surface area contributed by atoms with Crippen LogP contribution in [0.1, 0.15) is 212 Å². The van der Waals surface area contributed by atoms with E-state index in [1.807, 2.05) is 34.0 Å². The maximum absolute atomic E-state index is 17.1. The van der Waals surface area contributed by atoms with Crippen LogP contribution in [0.3, 0.4) is 0 Å². The lowest BCUT2D eigenvalue weighted by molar-refractivity contribution is 0.396. The van der Waals surface area contributed by atoms with Crippen LogP contribution in [-0.4, -0.2) is 5.25 Å². The summed E-state index contributed by atoms with van der Waals surface area (Å²) < 4.78 is 20.6. The fraction of sp³-hybridized carbons (Fsp3) is 0.607. The van der Waals surface area contributed by atoms with Gasteiger partial charge in [-0.15, -0.1) is 57.1 Å². The van der Waals surface area contributed by atoms with Crippen molar-refractivity contribution in [2.75, 3.05) is 0 Å². The Labute approximate surface area is 438 Å². The molecule has 2 unspecified atom stereocenters. The van der Waals surface area contributed by atoms with Gasteiger partial charge in [0.05, 0.1) is 9.09 Å². The number of halogens is 1. The molecule has 5 aromatic rings. The van der Waals surface area contributed by atoms with E-state index < -0.39 is 0 Å². The van der Waals surface area contributed by atoms with E-state index in [2.05, 4.69) is 131 Å². The van der Waals surface area contributed by atoms with Crippen molar-refractivity contribution in [1.82, 2.24) is 0 Å². The molecule has 0 bridgehead atoms. The zero-order valence-corrected chi connectivity index (χ0v) is 49.1. The summed E-state index contributed by atoms with van der Waals surface area (Å²) >= 11 is 11.4. The summed E-state index contributed by atoms with van der Waals surface area (Å²) in [5.74, 6) is 1.33. The van der Waals surface area contributed by atoms with Crippen LogP contribution in [0.5, 0.6) is 0 Å². The Morgan fingerprint density at radius 3 is 1.87 bits per heavy atom. The van der Waals surface area contributed by atoms with Gasteiger partial charge in [-0.05, 0) is 109 Å². The quantitative estimate of drug-likeness (QED) is 0.0380. The summed E-state index contributed by atoms with van der Waals surface area (Å²) in [5.41, 5.74) is 5.25. The van der Waals surface area contributed by atoms with E-state index in [9.17, 15) is 0 Å². The van der Waals surface area contributed by atoms with Crippen LogP contribution in [0.15, 0.2) is 46.0 Å². The van der Waals surface area contributed by atoms with Crippen LogP contribution >= 0.6 is 68.9 Å². The minimum Gasteiger partial charge on any atom is -0.205 e. The highest BCUT2D eigenvalue weighted by molar-refractivity contribution is 8.09. The van der Waals surface area contributed by atoms with Crippen LogP contribution in [0, 0.1) is 28.5 Å². The molecule has 374 valence electrons. The summed E-state index contributed by atoms with van der Waals surface area (Å²) in [5, 5.41) is 2.57. The predicted octanol–water partition coefficient (Wildman–Crippen LogP) is 21.4. The molecule has 4 aromatic heterocycles. The molecule has 68 heavy (non-hydrogen) atoms. The van der Waals surface area contributed by atoms with Crippen molar-refractivity contribution >= 4 is 96.0 Å². The van der Waals surface area contributed by atoms with Crippen molar-refractivity contribution in [3.8, 4) is 20.9 Å². The topological polar surface area (TPSA) is 0 Å². The van der Waals surface area contributed by atoms with Crippen LogP contribution < -0.4 is 9.75 Å². The van der Waals surface area contributed by atoms with Gasteiger partial charge in [-0.3, -0.25) is 0 Å². The minimum atomic E-state index is -0.291. The van der Waals surface area contributed by atoms with E-state index in [1.54, 1.807) is 17.3 Å². The summed E-state index contributed by atoms with van der Waals surface area (Å²) in [6.07, 6.45) is 26.2. The number of allylic oxidation sites excluding steroid dienone is 1. The van der Waals surface area contributed by atoms with Crippen molar-refractivity contribution in [2.24, 2.45) is 22.7 Å². The Kier molecular flexibility index (Phi) is 21.2. The number of unbranched alkanes of at least 4 members (excludes halogenated alkanes) is 10. The fourth-order valence-corrected chi connectivity index (χ4v) is 17.5. The fourth-order valence-electron chi connectivity index (χ4n) is 9.83. The third-order valence-electron chi connectivity index (χ3n) is 14.0. The molecule has 0 amide bonds. The van der Waals surface area contributed by atoms with Crippen LogP contribution in [0.2, 0.25) is 0 Å². The third kappa shape index (κ3) is 14.8. The first-order valence-corrected chi connectivity index (χ1v) is 31.7. The van der Waals surface area contributed by atoms with E-state index in [1.165, 1.54) is 157 Å². The SMILES string of the molecule is C=C(CCCC(C)CCCC(C)C)c1sc(=C)/c(=C(\Sc2cc3c(-c4ccc(CCCCCCCC)s4)c4c(c(-c5ccc(CCCCCCCC)s5)c3s2)CC(C(C)(C)C)S4)C(C)(C)C)c1F. The number of hydrogen-bond acceptors (Lipinski definition) is 6. The molecule has 0 fully saturated rings. The van der Waals surface area contributed by atoms with Crippen LogP contribution in [-0.2, 0) is 19.3 Å². The smallest absolute Gasteiger partial charge is 0.150 e. The number of thiophene rings is 4. The molecule has 1 aliphatic rings.